The van der Waals surface area contributed by atoms with E-state index in [2.05, 4.69) is 16.0 Å². The van der Waals surface area contributed by atoms with E-state index >= 15 is 0 Å². The molecule has 0 saturated carbocycles. The van der Waals surface area contributed by atoms with E-state index in [4.69, 9.17) is 26.1 Å². The minimum atomic E-state index is -5.08. The summed E-state index contributed by atoms with van der Waals surface area (Å²) in [6.07, 6.45) is -6.70. The molecule has 1 rings (SSSR count). The van der Waals surface area contributed by atoms with E-state index < -0.39 is 85.0 Å². The first-order chi connectivity index (χ1) is 20.3. The number of hydrogen-bond donors (Lipinski definition) is 8. The Morgan fingerprint density at radius 1 is 0.909 bits per heavy atom. The Bertz CT molecular complexity index is 1120. The van der Waals surface area contributed by atoms with Gasteiger partial charge in [-0.15, -0.1) is 0 Å². The van der Waals surface area contributed by atoms with E-state index in [0.29, 0.717) is 5.56 Å². The number of carbonyl (C=O) groups excluding carboxylic acids is 5. The lowest BCUT2D eigenvalue weighted by Gasteiger charge is -2.26. The van der Waals surface area contributed by atoms with Gasteiger partial charge >= 0.3 is 18.1 Å². The molecule has 0 unspecified atom stereocenters. The van der Waals surface area contributed by atoms with Gasteiger partial charge in [0.2, 0.25) is 23.6 Å². The zero-order valence-electron chi connectivity index (χ0n) is 24.2. The van der Waals surface area contributed by atoms with Crippen LogP contribution in [0.4, 0.5) is 13.2 Å². The number of hydrogen-bond acceptors (Lipinski definition) is 10. The second-order valence-electron chi connectivity index (χ2n) is 9.83. The lowest BCUT2D eigenvalue weighted by Crippen LogP contribution is -2.59. The van der Waals surface area contributed by atoms with Gasteiger partial charge in [-0.05, 0) is 24.8 Å². The number of halogens is 3. The van der Waals surface area contributed by atoms with Crippen molar-refractivity contribution >= 4 is 35.6 Å². The lowest BCUT2D eigenvalue weighted by atomic mass is 10.0. The van der Waals surface area contributed by atoms with Crippen LogP contribution in [0.5, 0.6) is 0 Å². The number of carboxylic acid groups (broad SMARTS) is 1. The van der Waals surface area contributed by atoms with Crippen LogP contribution in [-0.2, 0) is 40.1 Å². The van der Waals surface area contributed by atoms with Crippen LogP contribution in [0.2, 0.25) is 0 Å². The van der Waals surface area contributed by atoms with Gasteiger partial charge in [0.15, 0.2) is 6.04 Å². The average Bonchev–Trinajstić information content (AvgIpc) is 2.92. The number of primary amides is 1. The zero-order valence-corrected chi connectivity index (χ0v) is 24.2. The van der Waals surface area contributed by atoms with E-state index in [1.165, 1.54) is 6.92 Å². The van der Waals surface area contributed by atoms with Crippen LogP contribution < -0.4 is 27.4 Å². The molecule has 0 spiro atoms. The molecule has 0 heterocycles. The number of benzene rings is 1. The zero-order chi connectivity index (χ0) is 34.2. The highest BCUT2D eigenvalue weighted by atomic mass is 19.4. The van der Waals surface area contributed by atoms with E-state index in [9.17, 15) is 47.4 Å². The summed E-state index contributed by atoms with van der Waals surface area (Å²) in [5.74, 6) is -7.08. The predicted molar refractivity (Wildman–Crippen MR) is 146 cm³/mol. The third-order valence-electron chi connectivity index (χ3n) is 5.41. The first-order valence-corrected chi connectivity index (χ1v) is 13.0. The maximum absolute atomic E-state index is 12.9. The molecule has 5 atom stereocenters. The highest BCUT2D eigenvalue weighted by molar-refractivity contribution is 5.95. The molecule has 10 N–H and O–H groups in total. The molecule has 248 valence electrons. The molecular weight excluding hydrogens is 599 g/mol. The monoisotopic (exact) mass is 637 g/mol. The Morgan fingerprint density at radius 2 is 1.41 bits per heavy atom. The maximum atomic E-state index is 12.9. The Hall–Kier alpha value is -4.29. The van der Waals surface area contributed by atoms with Crippen LogP contribution >= 0.6 is 0 Å². The third kappa shape index (κ3) is 15.8. The van der Waals surface area contributed by atoms with E-state index in [1.54, 1.807) is 44.2 Å². The normalized spacial score (nSPS) is 14.4. The second-order valence-corrected chi connectivity index (χ2v) is 9.83. The predicted octanol–water partition coefficient (Wildman–Crippen LogP) is -1.56. The first kappa shape index (κ1) is 39.7. The van der Waals surface area contributed by atoms with Gasteiger partial charge in [0, 0.05) is 0 Å². The number of aliphatic hydroxyl groups excluding tert-OH is 2. The Labute approximate surface area is 250 Å². The Morgan fingerprint density at radius 3 is 1.84 bits per heavy atom. The number of carboxylic acids is 1. The topological polar surface area (TPSA) is 260 Å². The number of nitrogens with two attached hydrogens (primary N) is 2. The van der Waals surface area contributed by atoms with Crippen molar-refractivity contribution in [3.8, 4) is 0 Å². The quantitative estimate of drug-likeness (QED) is 0.102. The number of nitrogens with one attached hydrogen (secondary N) is 3. The summed E-state index contributed by atoms with van der Waals surface area (Å²) in [5, 5.41) is 33.8. The molecule has 1 aromatic rings. The van der Waals surface area contributed by atoms with Crippen LogP contribution in [0.25, 0.3) is 0 Å². The summed E-state index contributed by atoms with van der Waals surface area (Å²) < 4.78 is 36.9. The van der Waals surface area contributed by atoms with Crippen molar-refractivity contribution in [3.63, 3.8) is 0 Å². The fourth-order valence-corrected chi connectivity index (χ4v) is 3.21. The van der Waals surface area contributed by atoms with Crippen LogP contribution in [0.1, 0.15) is 39.2 Å². The second kappa shape index (κ2) is 19.1. The smallest absolute Gasteiger partial charge is 0.475 e. The standard InChI is InChI=1S/C24H37N5O8.C2HF3O2/c1-13(2)9-17(27-21(33)16(25)10-19(26)32)22(34)28-18(11-30)23(35)29-20(14(3)31)24(36)37-12-15-7-5-4-6-8-15;3-2(4,5)1(6)7/h4-8,13-14,16-18,20,30-31H,9-12,25H2,1-3H3,(H2,26,32)(H,27,33)(H,28,34)(H,29,35);(H,6,7)/t14-,16+,17+,18+,20+;/m1./s1. The van der Waals surface area contributed by atoms with Crippen LogP contribution in [0, 0.1) is 5.92 Å². The number of amides is 4. The molecular formula is C26H38F3N5O10. The number of alkyl halides is 3. The van der Waals surface area contributed by atoms with Gasteiger partial charge in [-0.25, -0.2) is 9.59 Å². The highest BCUT2D eigenvalue weighted by Gasteiger charge is 2.38. The number of carbonyl (C=O) groups is 6. The van der Waals surface area contributed by atoms with Crippen molar-refractivity contribution < 1.29 is 62.0 Å². The molecule has 0 aliphatic carbocycles. The first-order valence-electron chi connectivity index (χ1n) is 13.0. The number of ether oxygens (including phenoxy) is 1. The number of aliphatic carboxylic acids is 1. The molecule has 18 heteroatoms. The fraction of sp³-hybridized carbons (Fsp3) is 0.538. The molecule has 1 aromatic carbocycles. The highest BCUT2D eigenvalue weighted by Crippen LogP contribution is 2.13. The van der Waals surface area contributed by atoms with Gasteiger partial charge in [0.05, 0.1) is 25.2 Å². The molecule has 0 aliphatic heterocycles. The summed E-state index contributed by atoms with van der Waals surface area (Å²) in [4.78, 5) is 70.3. The minimum absolute atomic E-state index is 0.0659. The molecule has 44 heavy (non-hydrogen) atoms. The summed E-state index contributed by atoms with van der Waals surface area (Å²) in [7, 11) is 0. The minimum Gasteiger partial charge on any atom is -0.475 e. The van der Waals surface area contributed by atoms with Gasteiger partial charge in [-0.2, -0.15) is 13.2 Å². The van der Waals surface area contributed by atoms with Gasteiger partial charge in [-0.3, -0.25) is 19.2 Å². The number of aliphatic hydroxyl groups is 2. The van der Waals surface area contributed by atoms with Crippen molar-refractivity contribution in [2.75, 3.05) is 6.61 Å². The van der Waals surface area contributed by atoms with Crippen LogP contribution in [0.3, 0.4) is 0 Å². The molecule has 0 radical (unpaired) electrons. The van der Waals surface area contributed by atoms with Crippen molar-refractivity contribution in [3.05, 3.63) is 35.9 Å². The molecule has 4 amide bonds. The molecule has 0 aliphatic rings. The maximum Gasteiger partial charge on any atom is 0.490 e. The van der Waals surface area contributed by atoms with Gasteiger partial charge in [0.1, 0.15) is 18.7 Å². The van der Waals surface area contributed by atoms with E-state index in [0.717, 1.165) is 0 Å². The average molecular weight is 638 g/mol. The molecule has 15 nitrogen and oxygen atoms in total. The van der Waals surface area contributed by atoms with Gasteiger partial charge in [0.25, 0.3) is 0 Å². The largest absolute Gasteiger partial charge is 0.490 e. The number of esters is 1. The Kier molecular flexibility index (Phi) is 17.2. The molecule has 0 bridgehead atoms. The van der Waals surface area contributed by atoms with Crippen molar-refractivity contribution in [1.29, 1.82) is 0 Å². The summed E-state index contributed by atoms with van der Waals surface area (Å²) in [6, 6.07) is 3.36. The number of rotatable bonds is 15. The fourth-order valence-electron chi connectivity index (χ4n) is 3.21. The van der Waals surface area contributed by atoms with Crippen molar-refractivity contribution in [2.45, 2.75) is 76.7 Å². The third-order valence-corrected chi connectivity index (χ3v) is 5.41. The van der Waals surface area contributed by atoms with Crippen molar-refractivity contribution in [2.24, 2.45) is 17.4 Å². The van der Waals surface area contributed by atoms with E-state index in [1.807, 2.05) is 0 Å². The summed E-state index contributed by atoms with van der Waals surface area (Å²) in [6.45, 7) is 3.92. The summed E-state index contributed by atoms with van der Waals surface area (Å²) in [5.41, 5.74) is 11.4. The van der Waals surface area contributed by atoms with E-state index in [-0.39, 0.29) is 18.9 Å². The van der Waals surface area contributed by atoms with Gasteiger partial charge in [-0.1, -0.05) is 44.2 Å². The molecule has 0 saturated heterocycles. The van der Waals surface area contributed by atoms with Crippen molar-refractivity contribution in [1.82, 2.24) is 16.0 Å². The van der Waals surface area contributed by atoms with Crippen LogP contribution in [-0.4, -0.2) is 93.9 Å². The van der Waals surface area contributed by atoms with Crippen LogP contribution in [0.15, 0.2) is 30.3 Å². The SMILES string of the molecule is CC(C)C[C@H](NC(=O)[C@@H](N)CC(N)=O)C(=O)N[C@@H](CO)C(=O)N[C@H](C(=O)OCc1ccccc1)[C@@H](C)O.O=C(O)C(F)(F)F. The summed E-state index contributed by atoms with van der Waals surface area (Å²) >= 11 is 0. The molecule has 0 aromatic heterocycles. The molecule has 0 fully saturated rings. The Balaban J connectivity index is 0.00000234. The lowest BCUT2D eigenvalue weighted by molar-refractivity contribution is -0.192. The van der Waals surface area contributed by atoms with Gasteiger partial charge < -0.3 is 47.5 Å².